The molecule has 1 atom stereocenters. The van der Waals surface area contributed by atoms with E-state index in [4.69, 9.17) is 11.6 Å². The van der Waals surface area contributed by atoms with Gasteiger partial charge in [-0.25, -0.2) is 4.79 Å². The van der Waals surface area contributed by atoms with Gasteiger partial charge in [0.2, 0.25) is 5.91 Å². The summed E-state index contributed by atoms with van der Waals surface area (Å²) in [5, 5.41) is 9.28. The number of rotatable bonds is 8. The molecule has 3 rings (SSSR count). The van der Waals surface area contributed by atoms with Crippen LogP contribution in [0.3, 0.4) is 0 Å². The number of piperazine rings is 1. The lowest BCUT2D eigenvalue weighted by molar-refractivity contribution is -0.120. The number of likely N-dealkylation sites (tertiary alicyclic amines) is 1. The summed E-state index contributed by atoms with van der Waals surface area (Å²) in [5.74, 6) is 0.572. The zero-order valence-corrected chi connectivity index (χ0v) is 18.8. The standard InChI is InChI=1S/C22H34ClN5O2/c1-3-16(4-2)20(27-10-5-6-11-27)14-25-22(30)26-17-7-8-19(18(23)13-17)28-12-9-24-21(29)15-28/h7-8,13,16,20H,3-6,9-12,14-15H2,1-2H3,(H,24,29)(H2,25,26,30)/t20-/m0/s1. The number of hydrogen-bond donors (Lipinski definition) is 3. The van der Waals surface area contributed by atoms with Crippen molar-refractivity contribution in [3.63, 3.8) is 0 Å². The minimum atomic E-state index is -0.216. The Morgan fingerprint density at radius 3 is 2.57 bits per heavy atom. The van der Waals surface area contributed by atoms with Crippen LogP contribution in [0.1, 0.15) is 39.5 Å². The van der Waals surface area contributed by atoms with Crippen LogP contribution >= 0.6 is 11.6 Å². The summed E-state index contributed by atoms with van der Waals surface area (Å²) >= 11 is 6.43. The van der Waals surface area contributed by atoms with Gasteiger partial charge in [-0.05, 0) is 50.0 Å². The van der Waals surface area contributed by atoms with E-state index in [9.17, 15) is 9.59 Å². The molecule has 0 aromatic heterocycles. The van der Waals surface area contributed by atoms with Crippen molar-refractivity contribution in [2.24, 2.45) is 5.92 Å². The fraction of sp³-hybridized carbons (Fsp3) is 0.636. The van der Waals surface area contributed by atoms with E-state index < -0.39 is 0 Å². The van der Waals surface area contributed by atoms with E-state index in [1.807, 2.05) is 17.0 Å². The molecule has 0 unspecified atom stereocenters. The molecule has 166 valence electrons. The van der Waals surface area contributed by atoms with Crippen LogP contribution in [0.15, 0.2) is 18.2 Å². The first kappa shape index (κ1) is 22.7. The first-order valence-corrected chi connectivity index (χ1v) is 11.5. The highest BCUT2D eigenvalue weighted by atomic mass is 35.5. The summed E-state index contributed by atoms with van der Waals surface area (Å²) < 4.78 is 0. The van der Waals surface area contributed by atoms with Crippen molar-refractivity contribution in [3.05, 3.63) is 23.2 Å². The molecule has 0 radical (unpaired) electrons. The molecule has 1 aromatic rings. The van der Waals surface area contributed by atoms with Gasteiger partial charge in [-0.15, -0.1) is 0 Å². The molecule has 0 aliphatic carbocycles. The van der Waals surface area contributed by atoms with Crippen molar-refractivity contribution >= 4 is 34.9 Å². The SMILES string of the molecule is CCC(CC)[C@H](CNC(=O)Nc1ccc(N2CCNC(=O)C2)c(Cl)c1)N1CCCC1. The summed E-state index contributed by atoms with van der Waals surface area (Å²) in [6.45, 7) is 8.96. The molecule has 8 heteroatoms. The number of anilines is 2. The van der Waals surface area contributed by atoms with E-state index in [0.29, 0.717) is 48.8 Å². The zero-order valence-electron chi connectivity index (χ0n) is 18.0. The van der Waals surface area contributed by atoms with E-state index in [1.54, 1.807) is 6.07 Å². The Hall–Kier alpha value is -1.99. The van der Waals surface area contributed by atoms with Crippen LogP contribution in [0.2, 0.25) is 5.02 Å². The second-order valence-corrected chi connectivity index (χ2v) is 8.57. The number of nitrogens with one attached hydrogen (secondary N) is 3. The van der Waals surface area contributed by atoms with Crippen molar-refractivity contribution in [1.82, 2.24) is 15.5 Å². The molecule has 1 aromatic carbocycles. The molecule has 3 amide bonds. The van der Waals surface area contributed by atoms with Crippen molar-refractivity contribution in [3.8, 4) is 0 Å². The number of amides is 3. The van der Waals surface area contributed by atoms with Crippen molar-refractivity contribution in [2.75, 3.05) is 49.5 Å². The van der Waals surface area contributed by atoms with Gasteiger partial charge in [0.25, 0.3) is 0 Å². The Balaban J connectivity index is 1.57. The highest BCUT2D eigenvalue weighted by molar-refractivity contribution is 6.33. The molecule has 2 heterocycles. The van der Waals surface area contributed by atoms with Crippen LogP contribution in [0.4, 0.5) is 16.2 Å². The fourth-order valence-electron chi connectivity index (χ4n) is 4.56. The van der Waals surface area contributed by atoms with Crippen LogP contribution in [-0.4, -0.2) is 62.1 Å². The Morgan fingerprint density at radius 2 is 1.93 bits per heavy atom. The van der Waals surface area contributed by atoms with Gasteiger partial charge in [0.05, 0.1) is 17.3 Å². The monoisotopic (exact) mass is 435 g/mol. The number of carbonyl (C=O) groups excluding carboxylic acids is 2. The van der Waals surface area contributed by atoms with Crippen molar-refractivity contribution in [2.45, 2.75) is 45.6 Å². The summed E-state index contributed by atoms with van der Waals surface area (Å²) in [6.07, 6.45) is 4.72. The van der Waals surface area contributed by atoms with Gasteiger partial charge in [-0.1, -0.05) is 38.3 Å². The minimum Gasteiger partial charge on any atom is -0.359 e. The molecule has 7 nitrogen and oxygen atoms in total. The van der Waals surface area contributed by atoms with Crippen LogP contribution in [0, 0.1) is 5.92 Å². The Bertz CT molecular complexity index is 732. The van der Waals surface area contributed by atoms with E-state index in [0.717, 1.165) is 31.6 Å². The molecule has 0 bridgehead atoms. The predicted octanol–water partition coefficient (Wildman–Crippen LogP) is 3.30. The maximum absolute atomic E-state index is 12.5. The fourth-order valence-corrected chi connectivity index (χ4v) is 4.86. The van der Waals surface area contributed by atoms with Crippen molar-refractivity contribution in [1.29, 1.82) is 0 Å². The average molecular weight is 436 g/mol. The van der Waals surface area contributed by atoms with Crippen LogP contribution in [0.25, 0.3) is 0 Å². The van der Waals surface area contributed by atoms with Gasteiger partial charge in [0.1, 0.15) is 0 Å². The number of carbonyl (C=O) groups is 2. The molecule has 2 aliphatic heterocycles. The molecule has 2 aliphatic rings. The normalized spacial score (nSPS) is 18.4. The molecular weight excluding hydrogens is 402 g/mol. The largest absolute Gasteiger partial charge is 0.359 e. The van der Waals surface area contributed by atoms with Gasteiger partial charge in [0, 0.05) is 31.4 Å². The highest BCUT2D eigenvalue weighted by Crippen LogP contribution is 2.29. The average Bonchev–Trinajstić information content (AvgIpc) is 3.25. The minimum absolute atomic E-state index is 0.0103. The summed E-state index contributed by atoms with van der Waals surface area (Å²) in [6, 6.07) is 5.58. The molecule has 0 saturated carbocycles. The number of benzene rings is 1. The Labute approximate surface area is 184 Å². The maximum atomic E-state index is 12.5. The van der Waals surface area contributed by atoms with Crippen molar-refractivity contribution < 1.29 is 9.59 Å². The number of hydrogen-bond acceptors (Lipinski definition) is 4. The lowest BCUT2D eigenvalue weighted by Crippen LogP contribution is -2.48. The van der Waals surface area contributed by atoms with Crippen LogP contribution in [-0.2, 0) is 4.79 Å². The lowest BCUT2D eigenvalue weighted by Gasteiger charge is -2.34. The third-order valence-corrected chi connectivity index (χ3v) is 6.56. The first-order valence-electron chi connectivity index (χ1n) is 11.1. The number of urea groups is 1. The molecule has 0 spiro atoms. The third kappa shape index (κ3) is 5.79. The van der Waals surface area contributed by atoms with Crippen LogP contribution in [0.5, 0.6) is 0 Å². The summed E-state index contributed by atoms with van der Waals surface area (Å²) in [5.41, 5.74) is 1.45. The smallest absolute Gasteiger partial charge is 0.319 e. The van der Waals surface area contributed by atoms with E-state index in [-0.39, 0.29) is 11.9 Å². The van der Waals surface area contributed by atoms with Gasteiger partial charge in [-0.3, -0.25) is 9.69 Å². The number of nitrogens with zero attached hydrogens (tertiary/aromatic N) is 2. The van der Waals surface area contributed by atoms with E-state index in [2.05, 4.69) is 34.7 Å². The topological polar surface area (TPSA) is 76.7 Å². The highest BCUT2D eigenvalue weighted by Gasteiger charge is 2.28. The molecule has 2 saturated heterocycles. The molecule has 2 fully saturated rings. The van der Waals surface area contributed by atoms with E-state index >= 15 is 0 Å². The zero-order chi connectivity index (χ0) is 21.5. The summed E-state index contributed by atoms with van der Waals surface area (Å²) in [7, 11) is 0. The van der Waals surface area contributed by atoms with E-state index in [1.165, 1.54) is 12.8 Å². The quantitative estimate of drug-likeness (QED) is 0.585. The second kappa shape index (κ2) is 10.9. The second-order valence-electron chi connectivity index (χ2n) is 8.16. The van der Waals surface area contributed by atoms with Gasteiger partial charge < -0.3 is 20.9 Å². The van der Waals surface area contributed by atoms with Gasteiger partial charge in [-0.2, -0.15) is 0 Å². The molecule has 30 heavy (non-hydrogen) atoms. The molecule has 3 N–H and O–H groups in total. The van der Waals surface area contributed by atoms with Crippen LogP contribution < -0.4 is 20.9 Å². The number of halogens is 1. The summed E-state index contributed by atoms with van der Waals surface area (Å²) in [4.78, 5) is 28.6. The first-order chi connectivity index (χ1) is 14.5. The Kier molecular flexibility index (Phi) is 8.22. The third-order valence-electron chi connectivity index (χ3n) is 6.26. The predicted molar refractivity (Wildman–Crippen MR) is 122 cm³/mol. The van der Waals surface area contributed by atoms with Gasteiger partial charge in [0.15, 0.2) is 0 Å². The molecular formula is C22H34ClN5O2. The Morgan fingerprint density at radius 1 is 1.20 bits per heavy atom. The lowest BCUT2D eigenvalue weighted by atomic mass is 9.93. The van der Waals surface area contributed by atoms with Gasteiger partial charge >= 0.3 is 6.03 Å². The maximum Gasteiger partial charge on any atom is 0.319 e.